The molecule has 0 amide bonds. The van der Waals surface area contributed by atoms with E-state index < -0.39 is 0 Å². The van der Waals surface area contributed by atoms with Crippen molar-refractivity contribution < 1.29 is 0 Å². The molecule has 0 bridgehead atoms. The maximum Gasteiger partial charge on any atom is 0.128 e. The number of aromatic nitrogens is 2. The monoisotopic (exact) mass is 254 g/mol. The first-order chi connectivity index (χ1) is 9.42. The van der Waals surface area contributed by atoms with Gasteiger partial charge in [-0.3, -0.25) is 4.98 Å². The molecule has 4 heteroatoms. The fraction of sp³-hybridized carbons (Fsp3) is 0.333. The molecular formula is C15H18N4. The zero-order valence-electron chi connectivity index (χ0n) is 10.9. The standard InChI is InChI=1S/C15H18N4/c1-3-8-16-13(5-1)11-18-14-7-10-19(12-14)15-6-2-4-9-17-15/h1-6,8-9,14,18H,7,10-12H2/t14-/m0/s1. The molecule has 0 aliphatic carbocycles. The minimum absolute atomic E-state index is 0.518. The van der Waals surface area contributed by atoms with Crippen LogP contribution in [-0.4, -0.2) is 29.1 Å². The lowest BCUT2D eigenvalue weighted by Gasteiger charge is -2.17. The van der Waals surface area contributed by atoms with E-state index in [4.69, 9.17) is 0 Å². The molecule has 98 valence electrons. The minimum Gasteiger partial charge on any atom is -0.355 e. The van der Waals surface area contributed by atoms with E-state index in [1.807, 2.05) is 36.7 Å². The summed E-state index contributed by atoms with van der Waals surface area (Å²) in [5, 5.41) is 3.57. The van der Waals surface area contributed by atoms with Crippen molar-refractivity contribution in [2.75, 3.05) is 18.0 Å². The quantitative estimate of drug-likeness (QED) is 0.904. The number of nitrogens with one attached hydrogen (secondary N) is 1. The lowest BCUT2D eigenvalue weighted by molar-refractivity contribution is 0.545. The molecule has 1 fully saturated rings. The van der Waals surface area contributed by atoms with Gasteiger partial charge in [-0.25, -0.2) is 4.98 Å². The molecule has 1 aliphatic rings. The van der Waals surface area contributed by atoms with Gasteiger partial charge in [0, 0.05) is 38.1 Å². The van der Waals surface area contributed by atoms with Crippen molar-refractivity contribution >= 4 is 5.82 Å². The molecule has 0 aromatic carbocycles. The maximum atomic E-state index is 4.40. The van der Waals surface area contributed by atoms with E-state index >= 15 is 0 Å². The van der Waals surface area contributed by atoms with E-state index in [2.05, 4.69) is 32.3 Å². The number of rotatable bonds is 4. The number of anilines is 1. The Balaban J connectivity index is 1.52. The lowest BCUT2D eigenvalue weighted by Crippen LogP contribution is -2.32. The first-order valence-corrected chi connectivity index (χ1v) is 6.71. The van der Waals surface area contributed by atoms with Crippen molar-refractivity contribution in [1.82, 2.24) is 15.3 Å². The van der Waals surface area contributed by atoms with Crippen LogP contribution < -0.4 is 10.2 Å². The highest BCUT2D eigenvalue weighted by Gasteiger charge is 2.22. The van der Waals surface area contributed by atoms with Crippen molar-refractivity contribution in [2.45, 2.75) is 19.0 Å². The Morgan fingerprint density at radius 1 is 1.11 bits per heavy atom. The molecule has 1 saturated heterocycles. The molecule has 1 aliphatic heterocycles. The smallest absolute Gasteiger partial charge is 0.128 e. The van der Waals surface area contributed by atoms with E-state index in [0.29, 0.717) is 6.04 Å². The Morgan fingerprint density at radius 3 is 2.68 bits per heavy atom. The highest BCUT2D eigenvalue weighted by atomic mass is 15.2. The Hall–Kier alpha value is -1.94. The van der Waals surface area contributed by atoms with Crippen LogP contribution in [0.3, 0.4) is 0 Å². The van der Waals surface area contributed by atoms with Gasteiger partial charge < -0.3 is 10.2 Å². The molecule has 0 radical (unpaired) electrons. The molecule has 3 heterocycles. The highest BCUT2D eigenvalue weighted by molar-refractivity contribution is 5.39. The summed E-state index contributed by atoms with van der Waals surface area (Å²) in [5.74, 6) is 1.07. The summed E-state index contributed by atoms with van der Waals surface area (Å²) in [6.45, 7) is 2.92. The van der Waals surface area contributed by atoms with Crippen LogP contribution in [0, 0.1) is 0 Å². The second-order valence-electron chi connectivity index (χ2n) is 4.82. The van der Waals surface area contributed by atoms with Gasteiger partial charge in [-0.1, -0.05) is 12.1 Å². The van der Waals surface area contributed by atoms with Crippen molar-refractivity contribution in [1.29, 1.82) is 0 Å². The molecule has 0 saturated carbocycles. The number of pyridine rings is 2. The molecule has 2 aromatic heterocycles. The number of hydrogen-bond acceptors (Lipinski definition) is 4. The van der Waals surface area contributed by atoms with Crippen LogP contribution in [0.25, 0.3) is 0 Å². The van der Waals surface area contributed by atoms with Gasteiger partial charge in [0.05, 0.1) is 5.69 Å². The molecule has 1 N–H and O–H groups in total. The fourth-order valence-electron chi connectivity index (χ4n) is 2.43. The van der Waals surface area contributed by atoms with Gasteiger partial charge in [0.1, 0.15) is 5.82 Å². The zero-order chi connectivity index (χ0) is 12.9. The van der Waals surface area contributed by atoms with Crippen molar-refractivity contribution in [3.05, 3.63) is 54.5 Å². The van der Waals surface area contributed by atoms with Crippen molar-refractivity contribution in [2.24, 2.45) is 0 Å². The molecule has 2 aromatic rings. The highest BCUT2D eigenvalue weighted by Crippen LogP contribution is 2.17. The Morgan fingerprint density at radius 2 is 1.95 bits per heavy atom. The normalized spacial score (nSPS) is 18.7. The van der Waals surface area contributed by atoms with Crippen molar-refractivity contribution in [3.8, 4) is 0 Å². The van der Waals surface area contributed by atoms with E-state index in [9.17, 15) is 0 Å². The third-order valence-corrected chi connectivity index (χ3v) is 3.46. The van der Waals surface area contributed by atoms with Crippen LogP contribution in [0.5, 0.6) is 0 Å². The summed E-state index contributed by atoms with van der Waals surface area (Å²) in [7, 11) is 0. The van der Waals surface area contributed by atoms with Gasteiger partial charge in [0.2, 0.25) is 0 Å². The van der Waals surface area contributed by atoms with Crippen LogP contribution in [0.2, 0.25) is 0 Å². The summed E-state index contributed by atoms with van der Waals surface area (Å²) in [4.78, 5) is 11.1. The predicted molar refractivity (Wildman–Crippen MR) is 75.9 cm³/mol. The van der Waals surface area contributed by atoms with E-state index in [-0.39, 0.29) is 0 Å². The van der Waals surface area contributed by atoms with Crippen LogP contribution in [0.1, 0.15) is 12.1 Å². The second kappa shape index (κ2) is 5.80. The van der Waals surface area contributed by atoms with E-state index in [1.54, 1.807) is 0 Å². The van der Waals surface area contributed by atoms with Gasteiger partial charge in [-0.05, 0) is 30.7 Å². The lowest BCUT2D eigenvalue weighted by atomic mass is 10.2. The summed E-state index contributed by atoms with van der Waals surface area (Å²) in [6, 6.07) is 12.6. The predicted octanol–water partition coefficient (Wildman–Crippen LogP) is 1.85. The number of hydrogen-bond donors (Lipinski definition) is 1. The van der Waals surface area contributed by atoms with Gasteiger partial charge in [0.25, 0.3) is 0 Å². The second-order valence-corrected chi connectivity index (χ2v) is 4.82. The Labute approximate surface area is 113 Å². The Bertz CT molecular complexity index is 500. The summed E-state index contributed by atoms with van der Waals surface area (Å²) in [5.41, 5.74) is 1.10. The fourth-order valence-corrected chi connectivity index (χ4v) is 2.43. The maximum absolute atomic E-state index is 4.40. The van der Waals surface area contributed by atoms with Crippen LogP contribution in [-0.2, 0) is 6.54 Å². The van der Waals surface area contributed by atoms with Gasteiger partial charge in [-0.2, -0.15) is 0 Å². The summed E-state index contributed by atoms with van der Waals surface area (Å²) >= 11 is 0. The summed E-state index contributed by atoms with van der Waals surface area (Å²) in [6.07, 6.45) is 4.85. The average Bonchev–Trinajstić information content (AvgIpc) is 2.96. The molecular weight excluding hydrogens is 236 g/mol. The molecule has 4 nitrogen and oxygen atoms in total. The molecule has 19 heavy (non-hydrogen) atoms. The zero-order valence-corrected chi connectivity index (χ0v) is 10.9. The van der Waals surface area contributed by atoms with Gasteiger partial charge in [0.15, 0.2) is 0 Å². The molecule has 1 atom stereocenters. The summed E-state index contributed by atoms with van der Waals surface area (Å²) < 4.78 is 0. The molecule has 0 spiro atoms. The van der Waals surface area contributed by atoms with Crippen LogP contribution >= 0.6 is 0 Å². The molecule has 0 unspecified atom stereocenters. The van der Waals surface area contributed by atoms with Gasteiger partial charge in [-0.15, -0.1) is 0 Å². The third kappa shape index (κ3) is 3.09. The molecule has 3 rings (SSSR count). The van der Waals surface area contributed by atoms with E-state index in [0.717, 1.165) is 37.6 Å². The van der Waals surface area contributed by atoms with Crippen molar-refractivity contribution in [3.63, 3.8) is 0 Å². The SMILES string of the molecule is c1ccc(CN[C@H]2CCN(c3ccccn3)C2)nc1. The third-order valence-electron chi connectivity index (χ3n) is 3.46. The number of nitrogens with zero attached hydrogens (tertiary/aromatic N) is 3. The average molecular weight is 254 g/mol. The topological polar surface area (TPSA) is 41.0 Å². The largest absolute Gasteiger partial charge is 0.355 e. The van der Waals surface area contributed by atoms with E-state index in [1.165, 1.54) is 0 Å². The first kappa shape index (κ1) is 12.1. The van der Waals surface area contributed by atoms with Crippen LogP contribution in [0.4, 0.5) is 5.82 Å². The minimum atomic E-state index is 0.518. The van der Waals surface area contributed by atoms with Crippen LogP contribution in [0.15, 0.2) is 48.8 Å². The Kier molecular flexibility index (Phi) is 3.70. The first-order valence-electron chi connectivity index (χ1n) is 6.71. The van der Waals surface area contributed by atoms with Gasteiger partial charge >= 0.3 is 0 Å².